The summed E-state index contributed by atoms with van der Waals surface area (Å²) in [5.41, 5.74) is 5.28. The maximum Gasteiger partial charge on any atom is 0.323 e. The lowest BCUT2D eigenvalue weighted by atomic mass is 9.80. The second-order valence-corrected chi connectivity index (χ2v) is 17.3. The summed E-state index contributed by atoms with van der Waals surface area (Å²) in [4.78, 5) is 25.9. The van der Waals surface area contributed by atoms with Gasteiger partial charge in [-0.15, -0.1) is 0 Å². The molecule has 3 N–H and O–H groups in total. The minimum atomic E-state index is -2.38. The number of esters is 1. The fraction of sp³-hybridized carbons (Fsp3) is 0.704. The third kappa shape index (κ3) is 9.15. The average Bonchev–Trinajstić information content (AvgIpc) is 2.63. The number of rotatable bonds is 11. The van der Waals surface area contributed by atoms with Crippen molar-refractivity contribution in [3.63, 3.8) is 0 Å². The van der Waals surface area contributed by atoms with Crippen LogP contribution in [0.4, 0.5) is 0 Å². The molecule has 194 valence electrons. The number of hydrogen-bond acceptors (Lipinski definition) is 5. The van der Waals surface area contributed by atoms with Crippen LogP contribution in [0.25, 0.3) is 0 Å². The monoisotopic (exact) mass is 493 g/mol. The van der Waals surface area contributed by atoms with Crippen LogP contribution in [-0.4, -0.2) is 42.6 Å². The average molecular weight is 494 g/mol. The van der Waals surface area contributed by atoms with Crippen LogP contribution < -0.4 is 5.73 Å². The molecular weight excluding hydrogens is 446 g/mol. The maximum atomic E-state index is 13.5. The topological polar surface area (TPSA) is 98.9 Å². The van der Waals surface area contributed by atoms with E-state index in [1.807, 2.05) is 65.0 Å². The predicted octanol–water partition coefficient (Wildman–Crippen LogP) is 5.80. The number of hydrogen-bond donors (Lipinski definition) is 2. The highest BCUT2D eigenvalue weighted by atomic mass is 28.4. The minimum Gasteiger partial charge on any atom is -0.480 e. The quantitative estimate of drug-likeness (QED) is 0.299. The van der Waals surface area contributed by atoms with E-state index in [1.165, 1.54) is 0 Å². The van der Waals surface area contributed by atoms with E-state index in [2.05, 4.69) is 33.9 Å². The fourth-order valence-corrected chi connectivity index (χ4v) is 5.14. The Morgan fingerprint density at radius 1 is 1.00 bits per heavy atom. The third-order valence-electron chi connectivity index (χ3n) is 6.47. The summed E-state index contributed by atoms with van der Waals surface area (Å²) in [5.74, 6) is -2.08. The molecule has 0 aliphatic rings. The van der Waals surface area contributed by atoms with Crippen LogP contribution in [0.5, 0.6) is 0 Å². The molecule has 0 spiro atoms. The van der Waals surface area contributed by atoms with E-state index >= 15 is 0 Å². The highest BCUT2D eigenvalue weighted by Crippen LogP contribution is 2.40. The third-order valence-corrected chi connectivity index (χ3v) is 11.0. The van der Waals surface area contributed by atoms with Crippen LogP contribution in [0.1, 0.15) is 73.8 Å². The van der Waals surface area contributed by atoms with E-state index in [9.17, 15) is 14.7 Å². The number of carbonyl (C=O) groups excluding carboxylic acids is 1. The van der Waals surface area contributed by atoms with Gasteiger partial charge in [0.25, 0.3) is 0 Å². The molecule has 0 saturated carbocycles. The molecule has 0 radical (unpaired) electrons. The molecule has 0 unspecified atom stereocenters. The van der Waals surface area contributed by atoms with E-state index in [-0.39, 0.29) is 23.8 Å². The second kappa shape index (κ2) is 11.4. The summed E-state index contributed by atoms with van der Waals surface area (Å²) >= 11 is 0. The molecular formula is C27H47NO5Si. The summed E-state index contributed by atoms with van der Waals surface area (Å²) in [6, 6.07) is 9.69. The largest absolute Gasteiger partial charge is 0.480 e. The first-order chi connectivity index (χ1) is 15.3. The maximum absolute atomic E-state index is 13.5. The first-order valence-electron chi connectivity index (χ1n) is 12.2. The zero-order valence-electron chi connectivity index (χ0n) is 22.9. The van der Waals surface area contributed by atoms with E-state index in [0.717, 1.165) is 5.56 Å². The van der Waals surface area contributed by atoms with Gasteiger partial charge in [0.2, 0.25) is 0 Å². The normalized spacial score (nSPS) is 16.6. The Hall–Kier alpha value is -1.70. The molecule has 0 bridgehead atoms. The lowest BCUT2D eigenvalue weighted by molar-refractivity contribution is -0.165. The molecule has 0 heterocycles. The molecule has 1 aromatic carbocycles. The van der Waals surface area contributed by atoms with Gasteiger partial charge in [0.1, 0.15) is 11.1 Å². The number of carbonyl (C=O) groups is 2. The van der Waals surface area contributed by atoms with Crippen molar-refractivity contribution < 1.29 is 23.9 Å². The second-order valence-electron chi connectivity index (χ2n) is 12.5. The lowest BCUT2D eigenvalue weighted by Crippen LogP contribution is -2.56. The molecule has 3 atom stereocenters. The van der Waals surface area contributed by atoms with Gasteiger partial charge in [0, 0.05) is 6.42 Å². The van der Waals surface area contributed by atoms with Crippen molar-refractivity contribution in [2.45, 2.75) is 110 Å². The molecule has 0 amide bonds. The van der Waals surface area contributed by atoms with Crippen LogP contribution >= 0.6 is 0 Å². The number of aliphatic carboxylic acids is 1. The van der Waals surface area contributed by atoms with Gasteiger partial charge in [-0.1, -0.05) is 65.0 Å². The van der Waals surface area contributed by atoms with Crippen molar-refractivity contribution in [2.24, 2.45) is 17.6 Å². The molecule has 0 saturated heterocycles. The number of nitrogens with two attached hydrogens (primary N) is 1. The Balaban J connectivity index is 3.58. The van der Waals surface area contributed by atoms with Crippen LogP contribution in [-0.2, 0) is 25.2 Å². The summed E-state index contributed by atoms with van der Waals surface area (Å²) < 4.78 is 12.6. The standard InChI is InChI=1S/C27H47NO5Si/c1-19(2)17-27(28,24(30)31)18-22(33-34(9,10)26(6,7)8)21(23(29)32-25(3,4)5)16-20-14-12-11-13-15-20/h11-15,19,21-22H,16-18,28H2,1-10H3,(H,30,31)/t21-,22-,27+/m0/s1. The zero-order valence-corrected chi connectivity index (χ0v) is 23.9. The lowest BCUT2D eigenvalue weighted by Gasteiger charge is -2.43. The van der Waals surface area contributed by atoms with Crippen LogP contribution in [0.3, 0.4) is 0 Å². The SMILES string of the molecule is CC(C)C[C@@](N)(C[C@H](O[Si](C)(C)C(C)(C)C)[C@H](Cc1ccccc1)C(=O)OC(C)(C)C)C(=O)O. The Labute approximate surface area is 207 Å². The molecule has 1 aromatic rings. The molecule has 0 aliphatic heterocycles. The fourth-order valence-electron chi connectivity index (χ4n) is 3.78. The molecule has 7 heteroatoms. The van der Waals surface area contributed by atoms with E-state index in [4.69, 9.17) is 14.9 Å². The van der Waals surface area contributed by atoms with Crippen molar-refractivity contribution in [1.82, 2.24) is 0 Å². The van der Waals surface area contributed by atoms with E-state index in [1.54, 1.807) is 0 Å². The molecule has 0 aliphatic carbocycles. The minimum absolute atomic E-state index is 0.0315. The van der Waals surface area contributed by atoms with Gasteiger partial charge in [-0.25, -0.2) is 0 Å². The van der Waals surface area contributed by atoms with Gasteiger partial charge in [-0.05, 0) is 63.2 Å². The van der Waals surface area contributed by atoms with Gasteiger partial charge < -0.3 is 20.0 Å². The molecule has 1 rings (SSSR count). The molecule has 0 fully saturated rings. The van der Waals surface area contributed by atoms with Crippen molar-refractivity contribution in [1.29, 1.82) is 0 Å². The number of ether oxygens (including phenoxy) is 1. The number of carboxylic acid groups (broad SMARTS) is 1. The van der Waals surface area contributed by atoms with Gasteiger partial charge in [-0.3, -0.25) is 9.59 Å². The predicted molar refractivity (Wildman–Crippen MR) is 140 cm³/mol. The highest BCUT2D eigenvalue weighted by Gasteiger charge is 2.47. The highest BCUT2D eigenvalue weighted by molar-refractivity contribution is 6.74. The van der Waals surface area contributed by atoms with Crippen molar-refractivity contribution in [3.05, 3.63) is 35.9 Å². The first-order valence-corrected chi connectivity index (χ1v) is 15.1. The van der Waals surface area contributed by atoms with Gasteiger partial charge in [0.15, 0.2) is 8.32 Å². The van der Waals surface area contributed by atoms with Crippen LogP contribution in [0, 0.1) is 11.8 Å². The molecule has 6 nitrogen and oxygen atoms in total. The molecule has 0 aromatic heterocycles. The van der Waals surface area contributed by atoms with E-state index < -0.39 is 43.4 Å². The molecule has 34 heavy (non-hydrogen) atoms. The Morgan fingerprint density at radius 2 is 1.53 bits per heavy atom. The van der Waals surface area contributed by atoms with E-state index in [0.29, 0.717) is 6.42 Å². The zero-order chi connectivity index (χ0) is 26.5. The summed E-state index contributed by atoms with van der Waals surface area (Å²) in [6.07, 6.45) is -0.00165. The first kappa shape index (κ1) is 30.3. The summed E-state index contributed by atoms with van der Waals surface area (Å²) in [5, 5.41) is 9.97. The van der Waals surface area contributed by atoms with Gasteiger partial charge in [-0.2, -0.15) is 0 Å². The van der Waals surface area contributed by atoms with Crippen molar-refractivity contribution in [3.8, 4) is 0 Å². The smallest absolute Gasteiger partial charge is 0.323 e. The number of carboxylic acids is 1. The summed E-state index contributed by atoms with van der Waals surface area (Å²) in [6.45, 7) is 20.0. The van der Waals surface area contributed by atoms with Gasteiger partial charge >= 0.3 is 11.9 Å². The number of benzene rings is 1. The van der Waals surface area contributed by atoms with Crippen molar-refractivity contribution >= 4 is 20.3 Å². The Bertz CT molecular complexity index is 811. The van der Waals surface area contributed by atoms with Crippen LogP contribution in [0.2, 0.25) is 18.1 Å². The Kier molecular flexibility index (Phi) is 10.1. The van der Waals surface area contributed by atoms with Gasteiger partial charge in [0.05, 0.1) is 12.0 Å². The van der Waals surface area contributed by atoms with Crippen molar-refractivity contribution in [2.75, 3.05) is 0 Å². The summed E-state index contributed by atoms with van der Waals surface area (Å²) in [7, 11) is -2.38. The van der Waals surface area contributed by atoms with Crippen LogP contribution in [0.15, 0.2) is 30.3 Å². The Morgan fingerprint density at radius 3 is 1.94 bits per heavy atom.